The average molecular weight is 758 g/mol. The number of allylic oxidation sites excluding steroid dienone is 4. The van der Waals surface area contributed by atoms with E-state index in [0.29, 0.717) is 32.1 Å². The van der Waals surface area contributed by atoms with Crippen LogP contribution in [-0.4, -0.2) is 77.5 Å². The molecule has 0 heterocycles. The SMILES string of the molecule is CCCC/C=C\CCCCCCCC(=O)O[C@H](COC(=O)CCC/C=C\C[C@H]1C(=O)C[C@@H](O)[C@@H]1/C=C/[C@@H](O)CCCCC)COP(=O)(O)OCCN. The molecule has 0 saturated heterocycles. The summed E-state index contributed by atoms with van der Waals surface area (Å²) in [6, 6.07) is 0. The molecular formula is C39H68NO11P. The van der Waals surface area contributed by atoms with Crippen molar-refractivity contribution in [1.82, 2.24) is 0 Å². The monoisotopic (exact) mass is 757 g/mol. The third-order valence-electron chi connectivity index (χ3n) is 8.87. The zero-order valence-corrected chi connectivity index (χ0v) is 32.6. The van der Waals surface area contributed by atoms with Crippen molar-refractivity contribution in [2.24, 2.45) is 17.6 Å². The molecule has 0 spiro atoms. The number of nitrogens with two attached hydrogens (primary N) is 1. The van der Waals surface area contributed by atoms with E-state index in [4.69, 9.17) is 24.3 Å². The second-order valence-electron chi connectivity index (χ2n) is 13.6. The van der Waals surface area contributed by atoms with Gasteiger partial charge in [-0.05, 0) is 51.4 Å². The van der Waals surface area contributed by atoms with Crippen molar-refractivity contribution in [2.75, 3.05) is 26.4 Å². The summed E-state index contributed by atoms with van der Waals surface area (Å²) in [5.41, 5.74) is 5.32. The fraction of sp³-hybridized carbons (Fsp3) is 0.769. The highest BCUT2D eigenvalue weighted by atomic mass is 31.2. The molecule has 0 aromatic carbocycles. The molecule has 300 valence electrons. The minimum atomic E-state index is -4.44. The normalized spacial score (nSPS) is 20.2. The van der Waals surface area contributed by atoms with Crippen LogP contribution in [0.15, 0.2) is 36.5 Å². The van der Waals surface area contributed by atoms with Crippen molar-refractivity contribution in [3.63, 3.8) is 0 Å². The van der Waals surface area contributed by atoms with E-state index in [1.165, 1.54) is 12.8 Å². The summed E-state index contributed by atoms with van der Waals surface area (Å²) in [7, 11) is -4.44. The molecule has 0 aromatic heterocycles. The van der Waals surface area contributed by atoms with Gasteiger partial charge in [0.15, 0.2) is 6.10 Å². The lowest BCUT2D eigenvalue weighted by atomic mass is 9.90. The van der Waals surface area contributed by atoms with E-state index in [1.54, 1.807) is 12.2 Å². The van der Waals surface area contributed by atoms with Crippen molar-refractivity contribution in [3.05, 3.63) is 36.5 Å². The number of unbranched alkanes of at least 4 members (excludes halogenated alkanes) is 10. The summed E-state index contributed by atoms with van der Waals surface area (Å²) in [6.45, 7) is 3.24. The Bertz CT molecular complexity index is 1110. The number of Topliss-reactive ketones (excluding diaryl/α,β-unsaturated/α-hetero) is 1. The second-order valence-corrected chi connectivity index (χ2v) is 15.0. The van der Waals surface area contributed by atoms with Gasteiger partial charge in [0.1, 0.15) is 12.4 Å². The highest BCUT2D eigenvalue weighted by Gasteiger charge is 2.39. The van der Waals surface area contributed by atoms with Crippen molar-refractivity contribution < 1.29 is 52.6 Å². The van der Waals surface area contributed by atoms with Crippen LogP contribution in [0.25, 0.3) is 0 Å². The molecule has 13 heteroatoms. The molecule has 0 aliphatic heterocycles. The van der Waals surface area contributed by atoms with Crippen molar-refractivity contribution in [3.8, 4) is 0 Å². The topological polar surface area (TPSA) is 192 Å². The number of phosphoric ester groups is 1. The van der Waals surface area contributed by atoms with Gasteiger partial charge in [-0.25, -0.2) is 4.57 Å². The van der Waals surface area contributed by atoms with Gasteiger partial charge in [-0.1, -0.05) is 102 Å². The lowest BCUT2D eigenvalue weighted by molar-refractivity contribution is -0.161. The third kappa shape index (κ3) is 24.2. The van der Waals surface area contributed by atoms with Gasteiger partial charge >= 0.3 is 19.8 Å². The van der Waals surface area contributed by atoms with E-state index in [0.717, 1.165) is 57.8 Å². The molecular weight excluding hydrogens is 689 g/mol. The highest BCUT2D eigenvalue weighted by Crippen LogP contribution is 2.43. The smallest absolute Gasteiger partial charge is 0.462 e. The number of carbonyl (C=O) groups is 3. The molecule has 0 bridgehead atoms. The molecule has 1 unspecified atom stereocenters. The number of aliphatic hydroxyl groups is 2. The average Bonchev–Trinajstić information content (AvgIpc) is 3.38. The molecule has 1 aliphatic carbocycles. The Balaban J connectivity index is 2.48. The summed E-state index contributed by atoms with van der Waals surface area (Å²) in [6.07, 6.45) is 24.1. The first-order valence-electron chi connectivity index (χ1n) is 19.6. The maximum absolute atomic E-state index is 12.5. The van der Waals surface area contributed by atoms with E-state index in [2.05, 4.69) is 26.0 Å². The zero-order chi connectivity index (χ0) is 38.5. The Morgan fingerprint density at radius 3 is 2.25 bits per heavy atom. The first-order chi connectivity index (χ1) is 25.0. The van der Waals surface area contributed by atoms with Gasteiger partial charge in [0.05, 0.1) is 25.4 Å². The number of carbonyl (C=O) groups excluding carboxylic acids is 3. The van der Waals surface area contributed by atoms with Crippen LogP contribution in [-0.2, 0) is 37.5 Å². The van der Waals surface area contributed by atoms with E-state index < -0.39 is 44.7 Å². The Morgan fingerprint density at radius 1 is 0.865 bits per heavy atom. The maximum atomic E-state index is 12.5. The minimum Gasteiger partial charge on any atom is -0.462 e. The number of ketones is 1. The lowest BCUT2D eigenvalue weighted by Crippen LogP contribution is -2.29. The summed E-state index contributed by atoms with van der Waals surface area (Å²) < 4.78 is 32.6. The summed E-state index contributed by atoms with van der Waals surface area (Å²) in [5.74, 6) is -1.75. The maximum Gasteiger partial charge on any atom is 0.472 e. The van der Waals surface area contributed by atoms with Crippen LogP contribution in [0.4, 0.5) is 0 Å². The van der Waals surface area contributed by atoms with Gasteiger partial charge in [-0.2, -0.15) is 0 Å². The molecule has 1 aliphatic rings. The summed E-state index contributed by atoms with van der Waals surface area (Å²) in [5, 5.41) is 20.6. The number of esters is 2. The van der Waals surface area contributed by atoms with Crippen LogP contribution in [0.2, 0.25) is 0 Å². The Morgan fingerprint density at radius 2 is 1.52 bits per heavy atom. The Kier molecular flexibility index (Phi) is 27.8. The Hall–Kier alpha value is -2.18. The molecule has 0 amide bonds. The predicted molar refractivity (Wildman–Crippen MR) is 202 cm³/mol. The van der Waals surface area contributed by atoms with Crippen molar-refractivity contribution in [2.45, 2.75) is 154 Å². The van der Waals surface area contributed by atoms with Gasteiger partial charge in [0.2, 0.25) is 0 Å². The number of rotatable bonds is 32. The largest absolute Gasteiger partial charge is 0.472 e. The van der Waals surface area contributed by atoms with Gasteiger partial charge in [0, 0.05) is 37.6 Å². The van der Waals surface area contributed by atoms with Crippen molar-refractivity contribution in [1.29, 1.82) is 0 Å². The quantitative estimate of drug-likeness (QED) is 0.0234. The fourth-order valence-electron chi connectivity index (χ4n) is 5.83. The molecule has 6 atom stereocenters. The molecule has 0 aromatic rings. The van der Waals surface area contributed by atoms with Crippen LogP contribution in [0.1, 0.15) is 136 Å². The fourth-order valence-corrected chi connectivity index (χ4v) is 6.60. The van der Waals surface area contributed by atoms with Crippen LogP contribution >= 0.6 is 7.82 Å². The molecule has 52 heavy (non-hydrogen) atoms. The number of hydrogen-bond acceptors (Lipinski definition) is 11. The first kappa shape index (κ1) is 47.8. The van der Waals surface area contributed by atoms with Crippen LogP contribution in [0.5, 0.6) is 0 Å². The lowest BCUT2D eigenvalue weighted by Gasteiger charge is -2.19. The summed E-state index contributed by atoms with van der Waals surface area (Å²) in [4.78, 5) is 47.4. The molecule has 0 radical (unpaired) electrons. The van der Waals surface area contributed by atoms with E-state index >= 15 is 0 Å². The second kappa shape index (κ2) is 30.2. The van der Waals surface area contributed by atoms with E-state index in [-0.39, 0.29) is 56.6 Å². The summed E-state index contributed by atoms with van der Waals surface area (Å²) >= 11 is 0. The van der Waals surface area contributed by atoms with Crippen LogP contribution in [0, 0.1) is 11.8 Å². The Labute approximate surface area is 312 Å². The van der Waals surface area contributed by atoms with Crippen LogP contribution in [0.3, 0.4) is 0 Å². The first-order valence-corrected chi connectivity index (χ1v) is 21.1. The highest BCUT2D eigenvalue weighted by molar-refractivity contribution is 7.47. The van der Waals surface area contributed by atoms with Crippen molar-refractivity contribution >= 4 is 25.5 Å². The van der Waals surface area contributed by atoms with Gasteiger partial charge in [0.25, 0.3) is 0 Å². The van der Waals surface area contributed by atoms with Crippen LogP contribution < -0.4 is 5.73 Å². The number of phosphoric acid groups is 1. The molecule has 5 N–H and O–H groups in total. The molecule has 1 saturated carbocycles. The standard InChI is InChI=1S/C39H68NO11P/c1-3-5-7-8-9-10-11-12-13-14-20-24-39(45)51-33(31-50-52(46,47)49-28-27-40)30-48-38(44)23-19-16-15-18-22-34-35(37(43)29-36(34)42)26-25-32(41)21-17-6-4-2/h8-9,15,18,25-26,32-35,37,41,43H,3-7,10-14,16-17,19-24,27-31,40H2,1-2H3,(H,46,47)/b9-8-,18-15-,26-25+/t32-,33+,34+,35+,37+/m0/s1. The molecule has 12 nitrogen and oxygen atoms in total. The number of aliphatic hydroxyl groups excluding tert-OH is 2. The predicted octanol–water partition coefficient (Wildman–Crippen LogP) is 7.19. The molecule has 1 fully saturated rings. The van der Waals surface area contributed by atoms with E-state index in [1.807, 2.05) is 12.2 Å². The van der Waals surface area contributed by atoms with E-state index in [9.17, 15) is 34.1 Å². The zero-order valence-electron chi connectivity index (χ0n) is 31.7. The van der Waals surface area contributed by atoms with Gasteiger partial charge in [-0.3, -0.25) is 23.4 Å². The molecule has 1 rings (SSSR count). The van der Waals surface area contributed by atoms with Gasteiger partial charge in [-0.15, -0.1) is 0 Å². The third-order valence-corrected chi connectivity index (χ3v) is 9.85. The number of hydrogen-bond donors (Lipinski definition) is 4. The van der Waals surface area contributed by atoms with Gasteiger partial charge < -0.3 is 30.3 Å². The minimum absolute atomic E-state index is 0.00440. The number of ether oxygens (including phenoxy) is 2.